The van der Waals surface area contributed by atoms with Crippen LogP contribution in [0.1, 0.15) is 31.9 Å². The van der Waals surface area contributed by atoms with Crippen LogP contribution in [0.4, 0.5) is 0 Å². The quantitative estimate of drug-likeness (QED) is 0.194. The standard InChI is InChI=1S/C25H28Si.2ClH.Zr/c1-17-14-18-10-9-13-23(21(18)15-17)26(5,6)24-16-22(25(2,3)4)19-11-7-8-12-20(19)24;;;/h7-16H,1-6H3;2*1H;/q-2;;;+4/p-2. The van der Waals surface area contributed by atoms with Gasteiger partial charge in [0.25, 0.3) is 0 Å². The summed E-state index contributed by atoms with van der Waals surface area (Å²) < 4.78 is 0. The summed E-state index contributed by atoms with van der Waals surface area (Å²) in [7, 11) is 8.04. The van der Waals surface area contributed by atoms with Crippen LogP contribution in [-0.2, 0) is 26.3 Å². The van der Waals surface area contributed by atoms with Crippen LogP contribution in [0.3, 0.4) is 0 Å². The van der Waals surface area contributed by atoms with Gasteiger partial charge in [0.05, 0.1) is 0 Å². The van der Waals surface area contributed by atoms with E-state index in [9.17, 15) is 0 Å². The molecule has 0 nitrogen and oxygen atoms in total. The van der Waals surface area contributed by atoms with Crippen molar-refractivity contribution in [3.63, 3.8) is 0 Å². The van der Waals surface area contributed by atoms with Gasteiger partial charge in [0.2, 0.25) is 0 Å². The second kappa shape index (κ2) is 8.83. The summed E-state index contributed by atoms with van der Waals surface area (Å²) in [6.45, 7) is 14.2. The van der Waals surface area contributed by atoms with Gasteiger partial charge in [-0.2, -0.15) is 6.07 Å². The normalized spacial score (nSPS) is 12.0. The van der Waals surface area contributed by atoms with E-state index in [1.165, 1.54) is 32.7 Å². The van der Waals surface area contributed by atoms with Crippen LogP contribution in [0.25, 0.3) is 21.5 Å². The first-order valence-corrected chi connectivity index (χ1v) is 19.3. The molecule has 0 heterocycles. The van der Waals surface area contributed by atoms with Gasteiger partial charge in [0.1, 0.15) is 0 Å². The average molecular weight is 519 g/mol. The molecule has 150 valence electrons. The van der Waals surface area contributed by atoms with E-state index in [0.717, 1.165) is 0 Å². The first-order chi connectivity index (χ1) is 13.6. The Hall–Kier alpha value is -0.660. The Bertz CT molecular complexity index is 1130. The zero-order valence-corrected chi connectivity index (χ0v) is 23.0. The zero-order valence-electron chi connectivity index (χ0n) is 18.0. The third-order valence-corrected chi connectivity index (χ3v) is 9.39. The molecule has 0 saturated heterocycles. The molecule has 4 heteroatoms. The number of halogens is 2. The van der Waals surface area contributed by atoms with Crippen molar-refractivity contribution in [2.45, 2.75) is 46.2 Å². The minimum atomic E-state index is -1.83. The average Bonchev–Trinajstić information content (AvgIpc) is 3.21. The number of hydrogen-bond donors (Lipinski definition) is 0. The molecule has 0 amide bonds. The van der Waals surface area contributed by atoms with Crippen LogP contribution >= 0.6 is 17.0 Å². The molecule has 0 N–H and O–H groups in total. The summed E-state index contributed by atoms with van der Waals surface area (Å²) in [5.74, 6) is 0. The molecule has 4 rings (SSSR count). The van der Waals surface area contributed by atoms with Gasteiger partial charge < -0.3 is 0 Å². The van der Waals surface area contributed by atoms with Gasteiger partial charge in [-0.05, 0) is 0 Å². The van der Waals surface area contributed by atoms with Gasteiger partial charge in [0, 0.05) is 8.07 Å². The first-order valence-electron chi connectivity index (χ1n) is 9.93. The third kappa shape index (κ3) is 4.52. The number of rotatable bonds is 2. The molecule has 4 aromatic rings. The SMILES string of the molecule is Cc1cc2cccc([Si](C)(C)[c-]3cc(C(C)(C)C)c4ccccc43)c2[cH-]1.[Cl][Zr+2][Cl]. The fourth-order valence-electron chi connectivity index (χ4n) is 4.47. The Balaban J connectivity index is 0.000000755. The maximum atomic E-state index is 4.93. The van der Waals surface area contributed by atoms with Gasteiger partial charge in [-0.1, -0.05) is 58.3 Å². The van der Waals surface area contributed by atoms with Gasteiger partial charge >= 0.3 is 37.9 Å². The molecule has 0 fully saturated rings. The van der Waals surface area contributed by atoms with Crippen molar-refractivity contribution in [1.29, 1.82) is 0 Å². The van der Waals surface area contributed by atoms with E-state index in [2.05, 4.69) is 101 Å². The summed E-state index contributed by atoms with van der Waals surface area (Å²) >= 11 is -0.826. The van der Waals surface area contributed by atoms with E-state index in [1.54, 1.807) is 10.4 Å². The summed E-state index contributed by atoms with van der Waals surface area (Å²) in [5.41, 5.74) is 3.00. The topological polar surface area (TPSA) is 0 Å². The molecule has 0 aromatic heterocycles. The predicted molar refractivity (Wildman–Crippen MR) is 131 cm³/mol. The molecule has 0 aliphatic rings. The Morgan fingerprint density at radius 2 is 1.66 bits per heavy atom. The molecule has 0 unspecified atom stereocenters. The van der Waals surface area contributed by atoms with Gasteiger partial charge in [-0.15, -0.1) is 85.5 Å². The number of aryl methyl sites for hydroxylation is 1. The third-order valence-electron chi connectivity index (χ3n) is 5.85. The van der Waals surface area contributed by atoms with E-state index in [4.69, 9.17) is 17.0 Å². The van der Waals surface area contributed by atoms with Gasteiger partial charge in [-0.3, -0.25) is 0 Å². The van der Waals surface area contributed by atoms with Crippen molar-refractivity contribution in [3.05, 3.63) is 71.8 Å². The molecule has 4 aromatic carbocycles. The fraction of sp³-hybridized carbons (Fsp3) is 0.280. The monoisotopic (exact) mass is 516 g/mol. The maximum absolute atomic E-state index is 4.93. The summed E-state index contributed by atoms with van der Waals surface area (Å²) in [5, 5.41) is 8.84. The summed E-state index contributed by atoms with van der Waals surface area (Å²) in [4.78, 5) is 0. The van der Waals surface area contributed by atoms with Crippen molar-refractivity contribution < 1.29 is 20.8 Å². The Morgan fingerprint density at radius 1 is 1.00 bits per heavy atom. The molecule has 0 aliphatic carbocycles. The summed E-state index contributed by atoms with van der Waals surface area (Å²) in [6.07, 6.45) is 0. The number of hydrogen-bond acceptors (Lipinski definition) is 0. The molecule has 0 atom stereocenters. The molecule has 0 spiro atoms. The van der Waals surface area contributed by atoms with E-state index < -0.39 is 28.9 Å². The molecular weight excluding hydrogens is 490 g/mol. The molecule has 0 radical (unpaired) electrons. The molecule has 0 saturated carbocycles. The van der Waals surface area contributed by atoms with Gasteiger partial charge in [-0.25, -0.2) is 0 Å². The number of fused-ring (bicyclic) bond motifs is 2. The Labute approximate surface area is 194 Å². The van der Waals surface area contributed by atoms with Crippen LogP contribution in [-0.4, -0.2) is 8.07 Å². The molecular formula is C25H28Cl2SiZr. The molecule has 0 aliphatic heterocycles. The van der Waals surface area contributed by atoms with E-state index in [1.807, 2.05) is 0 Å². The van der Waals surface area contributed by atoms with E-state index in [-0.39, 0.29) is 5.41 Å². The summed E-state index contributed by atoms with van der Waals surface area (Å²) in [6, 6.07) is 23.1. The number of benzene rings is 2. The van der Waals surface area contributed by atoms with Crippen LogP contribution in [0.2, 0.25) is 13.1 Å². The van der Waals surface area contributed by atoms with Crippen LogP contribution in [0, 0.1) is 6.92 Å². The van der Waals surface area contributed by atoms with Gasteiger partial charge in [0.15, 0.2) is 0 Å². The zero-order chi connectivity index (χ0) is 21.4. The van der Waals surface area contributed by atoms with E-state index in [0.29, 0.717) is 0 Å². The van der Waals surface area contributed by atoms with Crippen LogP contribution < -0.4 is 10.4 Å². The van der Waals surface area contributed by atoms with E-state index >= 15 is 0 Å². The van der Waals surface area contributed by atoms with Crippen molar-refractivity contribution in [2.24, 2.45) is 0 Å². The van der Waals surface area contributed by atoms with Crippen molar-refractivity contribution in [1.82, 2.24) is 0 Å². The fourth-order valence-corrected chi connectivity index (χ4v) is 7.55. The molecule has 29 heavy (non-hydrogen) atoms. The van der Waals surface area contributed by atoms with Crippen molar-refractivity contribution in [3.8, 4) is 0 Å². The Kier molecular flexibility index (Phi) is 7.01. The van der Waals surface area contributed by atoms with Crippen LogP contribution in [0.5, 0.6) is 0 Å². The minimum absolute atomic E-state index is 0.158. The van der Waals surface area contributed by atoms with Crippen molar-refractivity contribution in [2.75, 3.05) is 0 Å². The first kappa shape index (κ1) is 23.0. The second-order valence-corrected chi connectivity index (χ2v) is 17.4. The van der Waals surface area contributed by atoms with Crippen LogP contribution in [0.15, 0.2) is 60.7 Å². The molecule has 0 bridgehead atoms. The van der Waals surface area contributed by atoms with Crippen molar-refractivity contribution >= 4 is 57.0 Å². The predicted octanol–water partition coefficient (Wildman–Crippen LogP) is 7.24. The second-order valence-electron chi connectivity index (χ2n) is 9.30. The Morgan fingerprint density at radius 3 is 2.31 bits per heavy atom.